The Labute approximate surface area is 154 Å². The van der Waals surface area contributed by atoms with Crippen LogP contribution in [-0.2, 0) is 0 Å². The molecule has 6 heteroatoms. The molecule has 1 aromatic carbocycles. The number of rotatable bonds is 4. The first kappa shape index (κ1) is 18.4. The van der Waals surface area contributed by atoms with E-state index in [0.29, 0.717) is 5.75 Å². The van der Waals surface area contributed by atoms with E-state index in [1.54, 1.807) is 18.5 Å². The van der Waals surface area contributed by atoms with Crippen LogP contribution in [0.25, 0.3) is 10.8 Å². The van der Waals surface area contributed by atoms with Gasteiger partial charge in [0.1, 0.15) is 6.10 Å². The van der Waals surface area contributed by atoms with Gasteiger partial charge >= 0.3 is 0 Å². The largest absolute Gasteiger partial charge is 0.487 e. The van der Waals surface area contributed by atoms with Crippen molar-refractivity contribution in [3.63, 3.8) is 0 Å². The Kier molecular flexibility index (Phi) is 6.10. The molecule has 2 saturated heterocycles. The fraction of sp³-hybridized carbons (Fsp3) is 0.526. The number of fused-ring (bicyclic) bond motifs is 1. The average Bonchev–Trinajstić information content (AvgIpc) is 3.10. The molecule has 0 spiro atoms. The van der Waals surface area contributed by atoms with Gasteiger partial charge in [0.2, 0.25) is 0 Å². The van der Waals surface area contributed by atoms with Crippen LogP contribution in [0.4, 0.5) is 4.39 Å². The van der Waals surface area contributed by atoms with Crippen molar-refractivity contribution < 1.29 is 9.13 Å². The maximum absolute atomic E-state index is 14.3. The van der Waals surface area contributed by atoms with Crippen LogP contribution >= 0.6 is 12.4 Å². The normalized spacial score (nSPS) is 22.0. The third kappa shape index (κ3) is 4.40. The third-order valence-corrected chi connectivity index (χ3v) is 5.20. The van der Waals surface area contributed by atoms with Gasteiger partial charge < -0.3 is 15.0 Å². The molecule has 2 fully saturated rings. The molecule has 0 aliphatic carbocycles. The molecule has 0 amide bonds. The van der Waals surface area contributed by atoms with E-state index < -0.39 is 0 Å². The van der Waals surface area contributed by atoms with Gasteiger partial charge in [-0.1, -0.05) is 0 Å². The summed E-state index contributed by atoms with van der Waals surface area (Å²) in [4.78, 5) is 6.56. The first-order valence-corrected chi connectivity index (χ1v) is 8.91. The number of piperidine rings is 1. The maximum atomic E-state index is 14.3. The van der Waals surface area contributed by atoms with Crippen molar-refractivity contribution in [2.45, 2.75) is 25.4 Å². The molecular formula is C19H25ClFN3O. The second kappa shape index (κ2) is 8.30. The summed E-state index contributed by atoms with van der Waals surface area (Å²) < 4.78 is 20.2. The molecule has 25 heavy (non-hydrogen) atoms. The quantitative estimate of drug-likeness (QED) is 0.902. The molecule has 1 unspecified atom stereocenters. The van der Waals surface area contributed by atoms with Crippen LogP contribution in [0.2, 0.25) is 0 Å². The highest BCUT2D eigenvalue weighted by Gasteiger charge is 2.24. The Morgan fingerprint density at radius 1 is 1.20 bits per heavy atom. The van der Waals surface area contributed by atoms with Crippen LogP contribution in [0.3, 0.4) is 0 Å². The number of hydrogen-bond acceptors (Lipinski definition) is 4. The van der Waals surface area contributed by atoms with Gasteiger partial charge in [-0.25, -0.2) is 4.39 Å². The van der Waals surface area contributed by atoms with Gasteiger partial charge in [0.15, 0.2) is 11.6 Å². The number of benzene rings is 1. The van der Waals surface area contributed by atoms with Crippen molar-refractivity contribution in [3.05, 3.63) is 36.4 Å². The van der Waals surface area contributed by atoms with Crippen LogP contribution in [0.5, 0.6) is 5.75 Å². The van der Waals surface area contributed by atoms with E-state index >= 15 is 0 Å². The Morgan fingerprint density at radius 2 is 2.04 bits per heavy atom. The highest BCUT2D eigenvalue weighted by Crippen LogP contribution is 2.27. The molecule has 1 N–H and O–H groups in total. The number of halogens is 2. The molecule has 1 aromatic heterocycles. The minimum Gasteiger partial charge on any atom is -0.487 e. The minimum absolute atomic E-state index is 0. The lowest BCUT2D eigenvalue weighted by molar-refractivity contribution is 0.0899. The summed E-state index contributed by atoms with van der Waals surface area (Å²) >= 11 is 0. The lowest BCUT2D eigenvalue weighted by atomic mass is 10.0. The lowest BCUT2D eigenvalue weighted by Gasteiger charge is -2.33. The maximum Gasteiger partial charge on any atom is 0.165 e. The summed E-state index contributed by atoms with van der Waals surface area (Å²) in [5, 5.41) is 5.20. The number of nitrogens with zero attached hydrogens (tertiary/aromatic N) is 2. The Bertz CT molecular complexity index is 700. The number of likely N-dealkylation sites (tertiary alicyclic amines) is 1. The van der Waals surface area contributed by atoms with E-state index in [2.05, 4.69) is 15.2 Å². The first-order valence-electron chi connectivity index (χ1n) is 8.91. The lowest BCUT2D eigenvalue weighted by Crippen LogP contribution is -2.41. The third-order valence-electron chi connectivity index (χ3n) is 5.20. The monoisotopic (exact) mass is 365 g/mol. The van der Waals surface area contributed by atoms with Crippen LogP contribution in [0, 0.1) is 11.7 Å². The van der Waals surface area contributed by atoms with Crippen molar-refractivity contribution in [3.8, 4) is 5.75 Å². The summed E-state index contributed by atoms with van der Waals surface area (Å²) in [6, 6.07) is 5.20. The Hall–Kier alpha value is -1.43. The minimum atomic E-state index is -0.296. The number of pyridine rings is 1. The standard InChI is InChI=1S/C19H24FN3O.ClH/c20-18-9-16-12-22-6-2-15(16)10-19(18)24-17-3-7-23(8-4-17)13-14-1-5-21-11-14;/h2,6,9-10,12,14,17,21H,1,3-5,7-8,11,13H2;1H. The molecule has 4 rings (SSSR count). The highest BCUT2D eigenvalue weighted by molar-refractivity contribution is 5.85. The number of aromatic nitrogens is 1. The van der Waals surface area contributed by atoms with E-state index in [0.717, 1.165) is 55.7 Å². The van der Waals surface area contributed by atoms with Crippen molar-refractivity contribution in [2.75, 3.05) is 32.7 Å². The van der Waals surface area contributed by atoms with Gasteiger partial charge in [0.05, 0.1) is 0 Å². The molecule has 3 heterocycles. The van der Waals surface area contributed by atoms with E-state index in [4.69, 9.17) is 4.74 Å². The van der Waals surface area contributed by atoms with Gasteiger partial charge in [-0.05, 0) is 61.9 Å². The number of hydrogen-bond donors (Lipinski definition) is 1. The summed E-state index contributed by atoms with van der Waals surface area (Å²) in [5.41, 5.74) is 0. The topological polar surface area (TPSA) is 37.4 Å². The predicted octanol–water partition coefficient (Wildman–Crippen LogP) is 3.25. The molecule has 136 valence electrons. The zero-order valence-electron chi connectivity index (χ0n) is 14.3. The number of ether oxygens (including phenoxy) is 1. The zero-order valence-corrected chi connectivity index (χ0v) is 15.1. The molecule has 4 nitrogen and oxygen atoms in total. The van der Waals surface area contributed by atoms with Gasteiger partial charge in [-0.2, -0.15) is 0 Å². The van der Waals surface area contributed by atoms with Crippen LogP contribution in [0.1, 0.15) is 19.3 Å². The molecular weight excluding hydrogens is 341 g/mol. The second-order valence-electron chi connectivity index (χ2n) is 6.98. The Morgan fingerprint density at radius 3 is 2.80 bits per heavy atom. The molecule has 0 bridgehead atoms. The van der Waals surface area contributed by atoms with Crippen molar-refractivity contribution in [2.24, 2.45) is 5.92 Å². The Balaban J connectivity index is 0.00000182. The van der Waals surface area contributed by atoms with E-state index in [-0.39, 0.29) is 24.3 Å². The molecule has 2 aliphatic rings. The van der Waals surface area contributed by atoms with Crippen LogP contribution in [-0.4, -0.2) is 48.7 Å². The van der Waals surface area contributed by atoms with E-state index in [1.807, 2.05) is 6.07 Å². The smallest absolute Gasteiger partial charge is 0.165 e. The molecule has 1 atom stereocenters. The average molecular weight is 366 g/mol. The van der Waals surface area contributed by atoms with Crippen molar-refractivity contribution in [1.82, 2.24) is 15.2 Å². The van der Waals surface area contributed by atoms with Gasteiger partial charge in [-0.15, -0.1) is 12.4 Å². The summed E-state index contributed by atoms with van der Waals surface area (Å²) in [7, 11) is 0. The van der Waals surface area contributed by atoms with Crippen molar-refractivity contribution >= 4 is 23.2 Å². The van der Waals surface area contributed by atoms with E-state index in [1.165, 1.54) is 19.0 Å². The molecule has 2 aromatic rings. The summed E-state index contributed by atoms with van der Waals surface area (Å²) in [6.45, 7) is 5.56. The summed E-state index contributed by atoms with van der Waals surface area (Å²) in [5.74, 6) is 0.858. The molecule has 2 aliphatic heterocycles. The van der Waals surface area contributed by atoms with Gasteiger partial charge in [0, 0.05) is 37.4 Å². The van der Waals surface area contributed by atoms with Crippen LogP contribution < -0.4 is 10.1 Å². The van der Waals surface area contributed by atoms with Gasteiger partial charge in [-0.3, -0.25) is 4.98 Å². The molecule has 0 saturated carbocycles. The second-order valence-corrected chi connectivity index (χ2v) is 6.98. The first-order chi connectivity index (χ1) is 11.8. The SMILES string of the molecule is Cl.Fc1cc2cnccc2cc1OC1CCN(CC2CCNC2)CC1. The zero-order chi connectivity index (χ0) is 16.4. The molecule has 0 radical (unpaired) electrons. The predicted molar refractivity (Wildman–Crippen MR) is 100 cm³/mol. The highest BCUT2D eigenvalue weighted by atomic mass is 35.5. The van der Waals surface area contributed by atoms with Crippen LogP contribution in [0.15, 0.2) is 30.6 Å². The fourth-order valence-corrected chi connectivity index (χ4v) is 3.80. The van der Waals surface area contributed by atoms with Crippen molar-refractivity contribution in [1.29, 1.82) is 0 Å². The van der Waals surface area contributed by atoms with Gasteiger partial charge in [0.25, 0.3) is 0 Å². The number of nitrogens with one attached hydrogen (secondary N) is 1. The van der Waals surface area contributed by atoms with E-state index in [9.17, 15) is 4.39 Å². The summed E-state index contributed by atoms with van der Waals surface area (Å²) in [6.07, 6.45) is 6.73. The fourth-order valence-electron chi connectivity index (χ4n) is 3.80.